The topological polar surface area (TPSA) is 93.2 Å². The minimum Gasteiger partial charge on any atom is -0.369 e. The number of nitrogens with two attached hydrogens (primary N) is 1. The van der Waals surface area contributed by atoms with Crippen LogP contribution in [0.1, 0.15) is 28.8 Å². The van der Waals surface area contributed by atoms with Gasteiger partial charge in [-0.25, -0.2) is 4.68 Å². The molecular weight excluding hydrogens is 390 g/mol. The van der Waals surface area contributed by atoms with Crippen molar-refractivity contribution in [2.75, 3.05) is 19.6 Å². The molecule has 1 aliphatic heterocycles. The summed E-state index contributed by atoms with van der Waals surface area (Å²) in [5, 5.41) is 7.90. The molecule has 7 nitrogen and oxygen atoms in total. The van der Waals surface area contributed by atoms with Crippen molar-refractivity contribution in [3.63, 3.8) is 0 Å². The molecule has 1 fully saturated rings. The number of hydrogen-bond acceptors (Lipinski definition) is 4. The van der Waals surface area contributed by atoms with E-state index in [0.717, 1.165) is 42.7 Å². The number of piperidine rings is 1. The summed E-state index contributed by atoms with van der Waals surface area (Å²) >= 11 is 0. The van der Waals surface area contributed by atoms with Crippen molar-refractivity contribution >= 4 is 11.8 Å². The van der Waals surface area contributed by atoms with Crippen LogP contribution < -0.4 is 11.1 Å². The van der Waals surface area contributed by atoms with Crippen molar-refractivity contribution in [3.8, 4) is 16.9 Å². The van der Waals surface area contributed by atoms with Crippen LogP contribution >= 0.6 is 0 Å². The highest BCUT2D eigenvalue weighted by atomic mass is 16.2. The molecule has 1 saturated heterocycles. The number of hydrogen-bond donors (Lipinski definition) is 2. The summed E-state index contributed by atoms with van der Waals surface area (Å²) in [5.41, 5.74) is 9.45. The lowest BCUT2D eigenvalue weighted by atomic mass is 10.0. The lowest BCUT2D eigenvalue weighted by molar-refractivity contribution is -0.119. The number of nitrogens with zero attached hydrogens (tertiary/aromatic N) is 3. The summed E-state index contributed by atoms with van der Waals surface area (Å²) in [7, 11) is 0. The van der Waals surface area contributed by atoms with Crippen molar-refractivity contribution in [1.29, 1.82) is 0 Å². The lowest BCUT2D eigenvalue weighted by Gasteiger charge is -2.31. The van der Waals surface area contributed by atoms with Gasteiger partial charge < -0.3 is 11.1 Å². The fourth-order valence-corrected chi connectivity index (χ4v) is 3.90. The molecule has 0 aliphatic carbocycles. The molecule has 1 aliphatic rings. The van der Waals surface area contributed by atoms with Crippen molar-refractivity contribution in [2.24, 2.45) is 5.73 Å². The van der Waals surface area contributed by atoms with Crippen molar-refractivity contribution in [1.82, 2.24) is 20.0 Å². The minimum atomic E-state index is -0.321. The molecule has 1 aromatic heterocycles. The quantitative estimate of drug-likeness (QED) is 0.645. The third kappa shape index (κ3) is 5.00. The van der Waals surface area contributed by atoms with E-state index in [-0.39, 0.29) is 24.4 Å². The number of aromatic nitrogens is 2. The first-order chi connectivity index (χ1) is 15.0. The maximum atomic E-state index is 13.2. The Kier molecular flexibility index (Phi) is 6.13. The first kappa shape index (κ1) is 20.8. The van der Waals surface area contributed by atoms with Gasteiger partial charge in [0.25, 0.3) is 5.91 Å². The van der Waals surface area contributed by atoms with E-state index in [4.69, 9.17) is 10.8 Å². The number of benzene rings is 2. The van der Waals surface area contributed by atoms with E-state index in [1.165, 1.54) is 0 Å². The van der Waals surface area contributed by atoms with Gasteiger partial charge in [0.15, 0.2) is 0 Å². The van der Waals surface area contributed by atoms with Crippen LogP contribution in [0.3, 0.4) is 0 Å². The molecule has 0 spiro atoms. The first-order valence-corrected chi connectivity index (χ1v) is 10.5. The van der Waals surface area contributed by atoms with Gasteiger partial charge >= 0.3 is 0 Å². The number of likely N-dealkylation sites (tertiary alicyclic amines) is 1. The van der Waals surface area contributed by atoms with Crippen molar-refractivity contribution in [2.45, 2.75) is 25.8 Å². The smallest absolute Gasteiger partial charge is 0.255 e. The SMILES string of the molecule is Cc1ccc(-c2nn(-c3ccccc3)cc2C(=O)NC2CCN(CC(N)=O)CC2)cc1. The highest BCUT2D eigenvalue weighted by Gasteiger charge is 2.25. The van der Waals surface area contributed by atoms with E-state index in [1.807, 2.05) is 66.4 Å². The molecule has 160 valence electrons. The molecule has 31 heavy (non-hydrogen) atoms. The summed E-state index contributed by atoms with van der Waals surface area (Å²) in [6.07, 6.45) is 3.36. The monoisotopic (exact) mass is 417 g/mol. The molecule has 4 rings (SSSR count). The van der Waals surface area contributed by atoms with Gasteiger partial charge in [0.2, 0.25) is 5.91 Å². The van der Waals surface area contributed by atoms with E-state index < -0.39 is 0 Å². The number of nitrogens with one attached hydrogen (secondary N) is 1. The zero-order valence-corrected chi connectivity index (χ0v) is 17.6. The second-order valence-electron chi connectivity index (χ2n) is 8.03. The fraction of sp³-hybridized carbons (Fsp3) is 0.292. The maximum Gasteiger partial charge on any atom is 0.255 e. The molecule has 0 bridgehead atoms. The van der Waals surface area contributed by atoms with Crippen molar-refractivity contribution in [3.05, 3.63) is 71.9 Å². The Balaban J connectivity index is 1.56. The summed E-state index contributed by atoms with van der Waals surface area (Å²) in [5.74, 6) is -0.454. The number of rotatable bonds is 6. The number of carbonyl (C=O) groups is 2. The van der Waals surface area contributed by atoms with E-state index in [2.05, 4.69) is 5.32 Å². The predicted molar refractivity (Wildman–Crippen MR) is 120 cm³/mol. The minimum absolute atomic E-state index is 0.0579. The van der Waals surface area contributed by atoms with Crippen LogP contribution in [-0.2, 0) is 4.79 Å². The molecular formula is C24H27N5O2. The van der Waals surface area contributed by atoms with Crippen LogP contribution in [0.15, 0.2) is 60.8 Å². The summed E-state index contributed by atoms with van der Waals surface area (Å²) in [6.45, 7) is 3.77. The number of primary amides is 1. The first-order valence-electron chi connectivity index (χ1n) is 10.5. The number of para-hydroxylation sites is 1. The van der Waals surface area contributed by atoms with E-state index in [9.17, 15) is 9.59 Å². The van der Waals surface area contributed by atoms with Crippen LogP contribution in [0.4, 0.5) is 0 Å². The van der Waals surface area contributed by atoms with E-state index >= 15 is 0 Å². The molecule has 0 unspecified atom stereocenters. The molecule has 7 heteroatoms. The largest absolute Gasteiger partial charge is 0.369 e. The number of aryl methyl sites for hydroxylation is 1. The van der Waals surface area contributed by atoms with Crippen LogP contribution in [0.2, 0.25) is 0 Å². The molecule has 2 amide bonds. The predicted octanol–water partition coefficient (Wildman–Crippen LogP) is 2.53. The Morgan fingerprint density at radius 3 is 2.39 bits per heavy atom. The Morgan fingerprint density at radius 1 is 1.06 bits per heavy atom. The van der Waals surface area contributed by atoms with Gasteiger partial charge in [-0.1, -0.05) is 48.0 Å². The number of amides is 2. The molecule has 2 heterocycles. The average molecular weight is 418 g/mol. The summed E-state index contributed by atoms with van der Waals surface area (Å²) in [4.78, 5) is 26.4. The third-order valence-corrected chi connectivity index (χ3v) is 5.61. The normalized spacial score (nSPS) is 15.0. The lowest BCUT2D eigenvalue weighted by Crippen LogP contribution is -2.46. The zero-order valence-electron chi connectivity index (χ0n) is 17.6. The Bertz CT molecular complexity index is 1050. The Labute approximate surface area is 181 Å². The average Bonchev–Trinajstić information content (AvgIpc) is 3.22. The highest BCUT2D eigenvalue weighted by molar-refractivity contribution is 6.00. The van der Waals surface area contributed by atoms with Gasteiger partial charge in [-0.3, -0.25) is 14.5 Å². The van der Waals surface area contributed by atoms with Gasteiger partial charge in [-0.15, -0.1) is 0 Å². The molecule has 0 atom stereocenters. The summed E-state index contributed by atoms with van der Waals surface area (Å²) in [6, 6.07) is 17.8. The second-order valence-corrected chi connectivity index (χ2v) is 8.03. The molecule has 3 N–H and O–H groups in total. The van der Waals surface area contributed by atoms with Gasteiger partial charge in [-0.2, -0.15) is 5.10 Å². The van der Waals surface area contributed by atoms with Gasteiger partial charge in [-0.05, 0) is 31.9 Å². The van der Waals surface area contributed by atoms with Gasteiger partial charge in [0.1, 0.15) is 5.69 Å². The van der Waals surface area contributed by atoms with Crippen LogP contribution in [-0.4, -0.2) is 52.2 Å². The van der Waals surface area contributed by atoms with Gasteiger partial charge in [0, 0.05) is 30.9 Å². The molecule has 0 radical (unpaired) electrons. The fourth-order valence-electron chi connectivity index (χ4n) is 3.90. The number of carbonyl (C=O) groups excluding carboxylic acids is 2. The van der Waals surface area contributed by atoms with E-state index in [0.29, 0.717) is 11.3 Å². The van der Waals surface area contributed by atoms with Crippen LogP contribution in [0.25, 0.3) is 16.9 Å². The highest BCUT2D eigenvalue weighted by Crippen LogP contribution is 2.25. The van der Waals surface area contributed by atoms with Crippen molar-refractivity contribution < 1.29 is 9.59 Å². The Hall–Kier alpha value is -3.45. The Morgan fingerprint density at radius 2 is 1.74 bits per heavy atom. The second kappa shape index (κ2) is 9.14. The third-order valence-electron chi connectivity index (χ3n) is 5.61. The molecule has 2 aromatic carbocycles. The summed E-state index contributed by atoms with van der Waals surface area (Å²) < 4.78 is 1.75. The van der Waals surface area contributed by atoms with Crippen LogP contribution in [0, 0.1) is 6.92 Å². The molecule has 0 saturated carbocycles. The standard InChI is InChI=1S/C24H27N5O2/c1-17-7-9-18(10-8-17)23-21(15-29(27-23)20-5-3-2-4-6-20)24(31)26-19-11-13-28(14-12-19)16-22(25)30/h2-10,15,19H,11-14,16H2,1H3,(H2,25,30)(H,26,31). The molecule has 3 aromatic rings. The van der Waals surface area contributed by atoms with Gasteiger partial charge in [0.05, 0.1) is 17.8 Å². The maximum absolute atomic E-state index is 13.2. The van der Waals surface area contributed by atoms with Crippen LogP contribution in [0.5, 0.6) is 0 Å². The van der Waals surface area contributed by atoms with E-state index in [1.54, 1.807) is 10.9 Å². The zero-order chi connectivity index (χ0) is 21.8.